The number of ether oxygens (including phenoxy) is 1. The van der Waals surface area contributed by atoms with Crippen LogP contribution in [0.3, 0.4) is 0 Å². The van der Waals surface area contributed by atoms with Gasteiger partial charge in [-0.15, -0.1) is 0 Å². The molecule has 1 N–H and O–H groups in total. The van der Waals surface area contributed by atoms with Crippen molar-refractivity contribution in [2.75, 3.05) is 6.61 Å². The molecule has 2 heteroatoms. The molecule has 0 spiro atoms. The molecule has 0 bridgehead atoms. The fourth-order valence-electron chi connectivity index (χ4n) is 3.78. The minimum Gasteiger partial charge on any atom is -0.491 e. The van der Waals surface area contributed by atoms with E-state index in [1.54, 1.807) is 0 Å². The highest BCUT2D eigenvalue weighted by molar-refractivity contribution is 5.39. The number of rotatable bonds is 14. The van der Waals surface area contributed by atoms with Crippen LogP contribution in [0.25, 0.3) is 0 Å². The molecule has 2 aromatic carbocycles. The second kappa shape index (κ2) is 12.7. The number of benzene rings is 2. The Morgan fingerprint density at radius 3 is 1.93 bits per heavy atom. The van der Waals surface area contributed by atoms with Crippen molar-refractivity contribution in [1.29, 1.82) is 0 Å². The van der Waals surface area contributed by atoms with Crippen LogP contribution in [-0.4, -0.2) is 17.8 Å². The van der Waals surface area contributed by atoms with Gasteiger partial charge in [-0.3, -0.25) is 0 Å². The van der Waals surface area contributed by atoms with Crippen molar-refractivity contribution in [3.05, 3.63) is 65.7 Å². The quantitative estimate of drug-likeness (QED) is 0.340. The summed E-state index contributed by atoms with van der Waals surface area (Å²) in [4.78, 5) is 0. The second-order valence-corrected chi connectivity index (χ2v) is 8.74. The molecular weight excluding hydrogens is 356 g/mol. The standard InChI is InChI=1S/C27H40O2/c1-4-5-6-7-8-9-10-14-17-25(28)22-29-26-20-18-24(19-21-26)27(2,3)23-15-12-11-13-16-23/h11-13,15-16,18-21,25,28H,4-10,14,17,22H2,1-3H3. The van der Waals surface area contributed by atoms with E-state index in [4.69, 9.17) is 4.74 Å². The highest BCUT2D eigenvalue weighted by Gasteiger charge is 2.22. The summed E-state index contributed by atoms with van der Waals surface area (Å²) in [6, 6.07) is 18.9. The molecule has 2 aromatic rings. The fourth-order valence-corrected chi connectivity index (χ4v) is 3.78. The average Bonchev–Trinajstić information content (AvgIpc) is 2.75. The third-order valence-electron chi connectivity index (χ3n) is 5.90. The van der Waals surface area contributed by atoms with E-state index in [-0.39, 0.29) is 11.5 Å². The lowest BCUT2D eigenvalue weighted by Crippen LogP contribution is -2.19. The average molecular weight is 397 g/mol. The molecule has 0 aromatic heterocycles. The summed E-state index contributed by atoms with van der Waals surface area (Å²) in [5, 5.41) is 10.2. The number of aliphatic hydroxyl groups excluding tert-OH is 1. The van der Waals surface area contributed by atoms with Gasteiger partial charge in [-0.05, 0) is 29.7 Å². The molecule has 0 fully saturated rings. The normalized spacial score (nSPS) is 12.7. The number of aliphatic hydroxyl groups is 1. The predicted molar refractivity (Wildman–Crippen MR) is 124 cm³/mol. The SMILES string of the molecule is CCCCCCCCCCC(O)COc1ccc(C(C)(C)c2ccccc2)cc1. The van der Waals surface area contributed by atoms with Crippen molar-refractivity contribution in [2.24, 2.45) is 0 Å². The molecule has 2 rings (SSSR count). The van der Waals surface area contributed by atoms with Crippen LogP contribution in [-0.2, 0) is 5.41 Å². The molecule has 0 saturated heterocycles. The molecule has 0 aliphatic rings. The third-order valence-corrected chi connectivity index (χ3v) is 5.90. The van der Waals surface area contributed by atoms with E-state index < -0.39 is 0 Å². The van der Waals surface area contributed by atoms with Crippen LogP contribution in [0.4, 0.5) is 0 Å². The summed E-state index contributed by atoms with van der Waals surface area (Å²) in [7, 11) is 0. The summed E-state index contributed by atoms with van der Waals surface area (Å²) in [6.45, 7) is 7.11. The van der Waals surface area contributed by atoms with E-state index in [9.17, 15) is 5.11 Å². The molecule has 0 aliphatic heterocycles. The second-order valence-electron chi connectivity index (χ2n) is 8.74. The van der Waals surface area contributed by atoms with Gasteiger partial charge >= 0.3 is 0 Å². The Kier molecular flexibility index (Phi) is 10.3. The molecule has 2 nitrogen and oxygen atoms in total. The van der Waals surface area contributed by atoms with Gasteiger partial charge in [-0.1, -0.05) is 115 Å². The molecular formula is C27H40O2. The van der Waals surface area contributed by atoms with E-state index in [1.165, 1.54) is 56.1 Å². The maximum Gasteiger partial charge on any atom is 0.119 e. The number of hydrogen-bond donors (Lipinski definition) is 1. The van der Waals surface area contributed by atoms with Crippen LogP contribution in [0.2, 0.25) is 0 Å². The minimum atomic E-state index is -0.379. The largest absolute Gasteiger partial charge is 0.491 e. The Morgan fingerprint density at radius 2 is 1.31 bits per heavy atom. The number of unbranched alkanes of at least 4 members (excludes halogenated alkanes) is 7. The Labute approximate surface area is 178 Å². The van der Waals surface area contributed by atoms with E-state index in [0.717, 1.165) is 18.6 Å². The van der Waals surface area contributed by atoms with Crippen molar-refractivity contribution in [3.8, 4) is 5.75 Å². The van der Waals surface area contributed by atoms with Crippen molar-refractivity contribution in [2.45, 2.75) is 90.1 Å². The summed E-state index contributed by atoms with van der Waals surface area (Å²) < 4.78 is 5.81. The van der Waals surface area contributed by atoms with Crippen LogP contribution in [0, 0.1) is 0 Å². The van der Waals surface area contributed by atoms with Crippen molar-refractivity contribution in [1.82, 2.24) is 0 Å². The molecule has 0 saturated carbocycles. The molecule has 0 radical (unpaired) electrons. The third kappa shape index (κ3) is 8.22. The Morgan fingerprint density at radius 1 is 0.759 bits per heavy atom. The highest BCUT2D eigenvalue weighted by Crippen LogP contribution is 2.32. The van der Waals surface area contributed by atoms with Gasteiger partial charge in [0.25, 0.3) is 0 Å². The lowest BCUT2D eigenvalue weighted by Gasteiger charge is -2.26. The van der Waals surface area contributed by atoms with Gasteiger partial charge in [0.05, 0.1) is 6.10 Å². The Hall–Kier alpha value is -1.80. The van der Waals surface area contributed by atoms with Crippen LogP contribution in [0.5, 0.6) is 5.75 Å². The molecule has 29 heavy (non-hydrogen) atoms. The lowest BCUT2D eigenvalue weighted by atomic mass is 9.78. The zero-order valence-corrected chi connectivity index (χ0v) is 18.7. The monoisotopic (exact) mass is 396 g/mol. The van der Waals surface area contributed by atoms with Gasteiger partial charge in [-0.25, -0.2) is 0 Å². The predicted octanol–water partition coefficient (Wildman–Crippen LogP) is 7.28. The molecule has 160 valence electrons. The van der Waals surface area contributed by atoms with Gasteiger partial charge in [-0.2, -0.15) is 0 Å². The van der Waals surface area contributed by atoms with Gasteiger partial charge in [0.15, 0.2) is 0 Å². The highest BCUT2D eigenvalue weighted by atomic mass is 16.5. The first-order chi connectivity index (χ1) is 14.0. The molecule has 0 heterocycles. The van der Waals surface area contributed by atoms with Crippen LogP contribution < -0.4 is 4.74 Å². The Bertz CT molecular complexity index is 661. The lowest BCUT2D eigenvalue weighted by molar-refractivity contribution is 0.0974. The minimum absolute atomic E-state index is 0.0458. The summed E-state index contributed by atoms with van der Waals surface area (Å²) >= 11 is 0. The van der Waals surface area contributed by atoms with Crippen molar-refractivity contribution in [3.63, 3.8) is 0 Å². The van der Waals surface area contributed by atoms with Crippen LogP contribution in [0.15, 0.2) is 54.6 Å². The van der Waals surface area contributed by atoms with Crippen molar-refractivity contribution >= 4 is 0 Å². The zero-order valence-electron chi connectivity index (χ0n) is 18.7. The molecule has 0 aliphatic carbocycles. The van der Waals surface area contributed by atoms with E-state index in [1.807, 2.05) is 12.1 Å². The first-order valence-electron chi connectivity index (χ1n) is 11.5. The van der Waals surface area contributed by atoms with Crippen LogP contribution in [0.1, 0.15) is 89.7 Å². The fraction of sp³-hybridized carbons (Fsp3) is 0.556. The maximum absolute atomic E-state index is 10.2. The summed E-state index contributed by atoms with van der Waals surface area (Å²) in [5.41, 5.74) is 2.51. The van der Waals surface area contributed by atoms with E-state index in [0.29, 0.717) is 6.61 Å². The van der Waals surface area contributed by atoms with Crippen molar-refractivity contribution < 1.29 is 9.84 Å². The van der Waals surface area contributed by atoms with Crippen LogP contribution >= 0.6 is 0 Å². The Balaban J connectivity index is 1.68. The number of hydrogen-bond acceptors (Lipinski definition) is 2. The molecule has 1 atom stereocenters. The van der Waals surface area contributed by atoms with Gasteiger partial charge in [0.2, 0.25) is 0 Å². The summed E-state index contributed by atoms with van der Waals surface area (Å²) in [5.74, 6) is 0.826. The van der Waals surface area contributed by atoms with E-state index in [2.05, 4.69) is 63.2 Å². The first kappa shape index (κ1) is 23.5. The van der Waals surface area contributed by atoms with Gasteiger partial charge in [0.1, 0.15) is 12.4 Å². The first-order valence-corrected chi connectivity index (χ1v) is 11.5. The maximum atomic E-state index is 10.2. The molecule has 1 unspecified atom stereocenters. The summed E-state index contributed by atoms with van der Waals surface area (Å²) in [6.07, 6.45) is 10.8. The van der Waals surface area contributed by atoms with E-state index >= 15 is 0 Å². The topological polar surface area (TPSA) is 29.5 Å². The smallest absolute Gasteiger partial charge is 0.119 e. The van der Waals surface area contributed by atoms with Gasteiger partial charge < -0.3 is 9.84 Å². The zero-order chi connectivity index (χ0) is 21.0. The molecule has 0 amide bonds. The van der Waals surface area contributed by atoms with Gasteiger partial charge in [0, 0.05) is 5.41 Å².